The van der Waals surface area contributed by atoms with E-state index >= 15 is 0 Å². The third kappa shape index (κ3) is 3.48. The van der Waals surface area contributed by atoms with Gasteiger partial charge in [-0.3, -0.25) is 14.0 Å². The van der Waals surface area contributed by atoms with Crippen molar-refractivity contribution in [2.75, 3.05) is 17.3 Å². The minimum absolute atomic E-state index is 0.182. The van der Waals surface area contributed by atoms with E-state index in [1.807, 2.05) is 67.6 Å². The maximum atomic E-state index is 13.1. The number of benzene rings is 2. The molecule has 2 aromatic carbocycles. The molecule has 2 heterocycles. The number of hydrogen-bond acceptors (Lipinski definition) is 3. The van der Waals surface area contributed by atoms with E-state index in [4.69, 9.17) is 0 Å². The van der Waals surface area contributed by atoms with Crippen LogP contribution in [0.25, 0.3) is 5.52 Å². The molecule has 0 radical (unpaired) electrons. The van der Waals surface area contributed by atoms with Gasteiger partial charge in [0, 0.05) is 24.6 Å². The standard InChI is InChI=1S/C23H20N4O2/c1-16-10-6-7-13-18(16)24-22(28)20-19-14-8-9-15-27(19)21(25-20)23(29)26(2)17-11-4-3-5-12-17/h3-15H,1-2H3,(H,24,28). The molecule has 0 spiro atoms. The number of pyridine rings is 1. The summed E-state index contributed by atoms with van der Waals surface area (Å²) in [6.07, 6.45) is 1.74. The number of nitrogens with one attached hydrogen (secondary N) is 1. The molecule has 0 aliphatic carbocycles. The number of fused-ring (bicyclic) bond motifs is 1. The molecular formula is C23H20N4O2. The molecule has 0 bridgehead atoms. The van der Waals surface area contributed by atoms with Crippen molar-refractivity contribution < 1.29 is 9.59 Å². The lowest BCUT2D eigenvalue weighted by atomic mass is 10.2. The Morgan fingerprint density at radius 1 is 0.931 bits per heavy atom. The first kappa shape index (κ1) is 18.4. The summed E-state index contributed by atoms with van der Waals surface area (Å²) >= 11 is 0. The zero-order chi connectivity index (χ0) is 20.4. The average molecular weight is 384 g/mol. The third-order valence-electron chi connectivity index (χ3n) is 4.80. The zero-order valence-corrected chi connectivity index (χ0v) is 16.2. The van der Waals surface area contributed by atoms with Crippen LogP contribution in [0, 0.1) is 6.92 Å². The normalized spacial score (nSPS) is 10.7. The summed E-state index contributed by atoms with van der Waals surface area (Å²) in [6.45, 7) is 1.92. The van der Waals surface area contributed by atoms with Gasteiger partial charge >= 0.3 is 0 Å². The number of anilines is 2. The fourth-order valence-corrected chi connectivity index (χ4v) is 3.17. The number of rotatable bonds is 4. The topological polar surface area (TPSA) is 66.7 Å². The van der Waals surface area contributed by atoms with Gasteiger partial charge in [0.05, 0.1) is 5.52 Å². The second-order valence-corrected chi connectivity index (χ2v) is 6.71. The number of carbonyl (C=O) groups is 2. The molecule has 4 rings (SSSR count). The Morgan fingerprint density at radius 3 is 2.38 bits per heavy atom. The molecule has 144 valence electrons. The van der Waals surface area contributed by atoms with Gasteiger partial charge in [-0.15, -0.1) is 0 Å². The van der Waals surface area contributed by atoms with Crippen LogP contribution in [0.15, 0.2) is 79.0 Å². The smallest absolute Gasteiger partial charge is 0.294 e. The molecule has 0 atom stereocenters. The fraction of sp³-hybridized carbons (Fsp3) is 0.0870. The molecule has 0 saturated heterocycles. The van der Waals surface area contributed by atoms with Gasteiger partial charge in [-0.05, 0) is 42.8 Å². The molecule has 29 heavy (non-hydrogen) atoms. The first-order valence-electron chi connectivity index (χ1n) is 9.23. The van der Waals surface area contributed by atoms with Crippen LogP contribution in [0.4, 0.5) is 11.4 Å². The Balaban J connectivity index is 1.73. The molecule has 2 aromatic heterocycles. The Kier molecular flexibility index (Phi) is 4.83. The predicted molar refractivity (Wildman–Crippen MR) is 113 cm³/mol. The van der Waals surface area contributed by atoms with E-state index in [1.54, 1.807) is 29.8 Å². The molecule has 6 heteroatoms. The van der Waals surface area contributed by atoms with Gasteiger partial charge in [0.25, 0.3) is 11.8 Å². The number of imidazole rings is 1. The largest absolute Gasteiger partial charge is 0.320 e. The SMILES string of the molecule is Cc1ccccc1NC(=O)c1nc(C(=O)N(C)c2ccccc2)n2ccccc12. The van der Waals surface area contributed by atoms with E-state index in [1.165, 1.54) is 4.90 Å². The number of aromatic nitrogens is 2. The summed E-state index contributed by atoms with van der Waals surface area (Å²) in [4.78, 5) is 32.0. The molecule has 0 fully saturated rings. The van der Waals surface area contributed by atoms with Crippen molar-refractivity contribution in [1.29, 1.82) is 0 Å². The first-order chi connectivity index (χ1) is 14.1. The van der Waals surface area contributed by atoms with Crippen LogP contribution in [0.3, 0.4) is 0 Å². The zero-order valence-electron chi connectivity index (χ0n) is 16.2. The van der Waals surface area contributed by atoms with Crippen molar-refractivity contribution in [3.63, 3.8) is 0 Å². The van der Waals surface area contributed by atoms with Gasteiger partial charge in [-0.1, -0.05) is 42.5 Å². The van der Waals surface area contributed by atoms with Crippen LogP contribution in [0.2, 0.25) is 0 Å². The molecule has 0 saturated carbocycles. The van der Waals surface area contributed by atoms with E-state index in [0.29, 0.717) is 11.2 Å². The van der Waals surface area contributed by atoms with Crippen LogP contribution in [-0.2, 0) is 0 Å². The lowest BCUT2D eigenvalue weighted by Gasteiger charge is -2.16. The number of para-hydroxylation sites is 2. The van der Waals surface area contributed by atoms with Gasteiger partial charge < -0.3 is 10.2 Å². The summed E-state index contributed by atoms with van der Waals surface area (Å²) in [5.74, 6) is -0.473. The highest BCUT2D eigenvalue weighted by Crippen LogP contribution is 2.20. The van der Waals surface area contributed by atoms with Crippen molar-refractivity contribution in [3.05, 3.63) is 96.1 Å². The molecule has 4 aromatic rings. The molecule has 0 unspecified atom stereocenters. The highest BCUT2D eigenvalue weighted by Gasteiger charge is 2.24. The highest BCUT2D eigenvalue weighted by molar-refractivity contribution is 6.10. The van der Waals surface area contributed by atoms with Gasteiger partial charge in [0.1, 0.15) is 0 Å². The molecule has 0 aliphatic rings. The first-order valence-corrected chi connectivity index (χ1v) is 9.23. The van der Waals surface area contributed by atoms with E-state index in [2.05, 4.69) is 10.3 Å². The second-order valence-electron chi connectivity index (χ2n) is 6.71. The predicted octanol–water partition coefficient (Wildman–Crippen LogP) is 4.17. The second kappa shape index (κ2) is 7.59. The van der Waals surface area contributed by atoms with Gasteiger partial charge in [0.2, 0.25) is 5.82 Å². The lowest BCUT2D eigenvalue weighted by Crippen LogP contribution is -2.28. The van der Waals surface area contributed by atoms with Crippen LogP contribution in [-0.4, -0.2) is 28.2 Å². The van der Waals surface area contributed by atoms with Crippen molar-refractivity contribution in [2.24, 2.45) is 0 Å². The summed E-state index contributed by atoms with van der Waals surface area (Å²) in [7, 11) is 1.69. The quantitative estimate of drug-likeness (QED) is 0.574. The summed E-state index contributed by atoms with van der Waals surface area (Å²) in [5.41, 5.74) is 3.19. The van der Waals surface area contributed by atoms with Gasteiger partial charge in [-0.25, -0.2) is 4.98 Å². The van der Waals surface area contributed by atoms with Crippen LogP contribution >= 0.6 is 0 Å². The maximum Gasteiger partial charge on any atom is 0.294 e. The van der Waals surface area contributed by atoms with E-state index in [9.17, 15) is 9.59 Å². The molecule has 0 aliphatic heterocycles. The fourth-order valence-electron chi connectivity index (χ4n) is 3.17. The Hall–Kier alpha value is -3.93. The molecule has 6 nitrogen and oxygen atoms in total. The summed E-state index contributed by atoms with van der Waals surface area (Å²) < 4.78 is 1.65. The highest BCUT2D eigenvalue weighted by atomic mass is 16.2. The van der Waals surface area contributed by atoms with Crippen LogP contribution in [0.1, 0.15) is 26.7 Å². The van der Waals surface area contributed by atoms with Crippen molar-refractivity contribution in [2.45, 2.75) is 6.92 Å². The number of nitrogens with zero attached hydrogens (tertiary/aromatic N) is 3. The van der Waals surface area contributed by atoms with Crippen molar-refractivity contribution in [1.82, 2.24) is 9.38 Å². The molecular weight excluding hydrogens is 364 g/mol. The van der Waals surface area contributed by atoms with Crippen molar-refractivity contribution >= 4 is 28.7 Å². The van der Waals surface area contributed by atoms with E-state index in [-0.39, 0.29) is 23.3 Å². The van der Waals surface area contributed by atoms with E-state index < -0.39 is 0 Å². The minimum atomic E-state index is -0.357. The average Bonchev–Trinajstić information content (AvgIpc) is 3.15. The Morgan fingerprint density at radius 2 is 1.62 bits per heavy atom. The lowest BCUT2D eigenvalue weighted by molar-refractivity contribution is 0.0982. The Bertz CT molecular complexity index is 1200. The monoisotopic (exact) mass is 384 g/mol. The number of amides is 2. The third-order valence-corrected chi connectivity index (χ3v) is 4.80. The molecule has 2 amide bonds. The maximum absolute atomic E-state index is 13.1. The Labute approximate surface area is 168 Å². The van der Waals surface area contributed by atoms with Gasteiger partial charge in [-0.2, -0.15) is 0 Å². The van der Waals surface area contributed by atoms with Gasteiger partial charge in [0.15, 0.2) is 5.69 Å². The van der Waals surface area contributed by atoms with Crippen LogP contribution in [0.5, 0.6) is 0 Å². The minimum Gasteiger partial charge on any atom is -0.320 e. The van der Waals surface area contributed by atoms with E-state index in [0.717, 1.165) is 11.3 Å². The summed E-state index contributed by atoms with van der Waals surface area (Å²) in [6, 6.07) is 22.2. The number of carbonyl (C=O) groups excluding carboxylic acids is 2. The number of aryl methyl sites for hydroxylation is 1. The van der Waals surface area contributed by atoms with Crippen LogP contribution < -0.4 is 10.2 Å². The van der Waals surface area contributed by atoms with Crippen molar-refractivity contribution in [3.8, 4) is 0 Å². The summed E-state index contributed by atoms with van der Waals surface area (Å²) in [5, 5.41) is 2.89. The number of hydrogen-bond donors (Lipinski definition) is 1. The molecule has 1 N–H and O–H groups in total.